The van der Waals surface area contributed by atoms with Crippen molar-refractivity contribution in [3.05, 3.63) is 54.1 Å². The van der Waals surface area contributed by atoms with Gasteiger partial charge in [-0.2, -0.15) is 0 Å². The highest BCUT2D eigenvalue weighted by molar-refractivity contribution is 5.75. The fourth-order valence-electron chi connectivity index (χ4n) is 1.92. The van der Waals surface area contributed by atoms with Gasteiger partial charge in [-0.1, -0.05) is 43.3 Å². The minimum absolute atomic E-state index is 0.292. The number of rotatable bonds is 5. The smallest absolute Gasteiger partial charge is 0.337 e. The lowest BCUT2D eigenvalue weighted by molar-refractivity contribution is -0.147. The van der Waals surface area contributed by atoms with Crippen LogP contribution in [0.25, 0.3) is 11.1 Å². The summed E-state index contributed by atoms with van der Waals surface area (Å²) in [7, 11) is 0. The third-order valence-electron chi connectivity index (χ3n) is 3.17. The molecular weight excluding hydrogens is 284 g/mol. The molecule has 0 aliphatic heterocycles. The number of aliphatic hydroxyl groups is 1. The van der Waals surface area contributed by atoms with E-state index in [1.54, 1.807) is 55.5 Å². The van der Waals surface area contributed by atoms with Crippen LogP contribution in [0, 0.1) is 0 Å². The van der Waals surface area contributed by atoms with Crippen molar-refractivity contribution in [1.82, 2.24) is 0 Å². The van der Waals surface area contributed by atoms with Gasteiger partial charge >= 0.3 is 11.9 Å². The van der Waals surface area contributed by atoms with Crippen molar-refractivity contribution in [3.63, 3.8) is 0 Å². The van der Waals surface area contributed by atoms with Crippen LogP contribution in [-0.4, -0.2) is 22.2 Å². The maximum Gasteiger partial charge on any atom is 0.337 e. The second kappa shape index (κ2) is 6.87. The van der Waals surface area contributed by atoms with Crippen molar-refractivity contribution in [1.29, 1.82) is 0 Å². The number of hydrogen-bond acceptors (Lipinski definition) is 4. The van der Waals surface area contributed by atoms with Crippen molar-refractivity contribution in [3.8, 4) is 16.9 Å². The van der Waals surface area contributed by atoms with Gasteiger partial charge in [0.15, 0.2) is 6.10 Å². The lowest BCUT2D eigenvalue weighted by Crippen LogP contribution is -2.10. The molecule has 114 valence electrons. The Morgan fingerprint density at radius 2 is 1.50 bits per heavy atom. The number of carboxylic acids is 1. The second-order valence-electron chi connectivity index (χ2n) is 4.71. The average Bonchev–Trinajstić information content (AvgIpc) is 2.55. The highest BCUT2D eigenvalue weighted by Gasteiger charge is 2.15. The van der Waals surface area contributed by atoms with Crippen LogP contribution < -0.4 is 4.74 Å². The largest absolute Gasteiger partial charge is 0.479 e. The van der Waals surface area contributed by atoms with E-state index in [0.29, 0.717) is 17.7 Å². The van der Waals surface area contributed by atoms with Gasteiger partial charge in [-0.25, -0.2) is 4.79 Å². The number of aliphatic carboxylic acids is 1. The number of benzene rings is 2. The van der Waals surface area contributed by atoms with E-state index in [4.69, 9.17) is 9.84 Å². The molecule has 0 aliphatic carbocycles. The summed E-state index contributed by atoms with van der Waals surface area (Å²) in [6, 6.07) is 13.6. The number of esters is 1. The maximum atomic E-state index is 11.2. The molecule has 0 heterocycles. The number of carbonyl (C=O) groups excluding carboxylic acids is 1. The van der Waals surface area contributed by atoms with Crippen molar-refractivity contribution in [2.24, 2.45) is 0 Å². The number of hydrogen-bond donors (Lipinski definition) is 2. The monoisotopic (exact) mass is 300 g/mol. The summed E-state index contributed by atoms with van der Waals surface area (Å²) in [4.78, 5) is 21.9. The van der Waals surface area contributed by atoms with Crippen molar-refractivity contribution in [2.75, 3.05) is 0 Å². The summed E-state index contributed by atoms with van der Waals surface area (Å²) in [5, 5.41) is 18.2. The van der Waals surface area contributed by atoms with Crippen LogP contribution >= 0.6 is 0 Å². The summed E-state index contributed by atoms with van der Waals surface area (Å²) < 4.78 is 5.09. The van der Waals surface area contributed by atoms with E-state index in [2.05, 4.69) is 0 Å². The minimum Gasteiger partial charge on any atom is -0.479 e. The number of aliphatic hydroxyl groups excluding tert-OH is 1. The van der Waals surface area contributed by atoms with Crippen LogP contribution in [-0.2, 0) is 9.59 Å². The first-order chi connectivity index (χ1) is 10.5. The molecule has 1 unspecified atom stereocenters. The molecule has 0 spiro atoms. The van der Waals surface area contributed by atoms with Crippen LogP contribution in [0.2, 0.25) is 0 Å². The summed E-state index contributed by atoms with van der Waals surface area (Å²) in [5.41, 5.74) is 2.09. The van der Waals surface area contributed by atoms with Gasteiger partial charge in [-0.3, -0.25) is 4.79 Å². The Kier molecular flexibility index (Phi) is 4.91. The molecule has 0 saturated carbocycles. The lowest BCUT2D eigenvalue weighted by atomic mass is 10.0. The van der Waals surface area contributed by atoms with E-state index in [1.165, 1.54) is 0 Å². The first-order valence-electron chi connectivity index (χ1n) is 6.83. The van der Waals surface area contributed by atoms with Crippen molar-refractivity contribution in [2.45, 2.75) is 19.4 Å². The van der Waals surface area contributed by atoms with Gasteiger partial charge in [0.2, 0.25) is 0 Å². The lowest BCUT2D eigenvalue weighted by Gasteiger charge is -2.08. The zero-order valence-electron chi connectivity index (χ0n) is 12.0. The second-order valence-corrected chi connectivity index (χ2v) is 4.71. The van der Waals surface area contributed by atoms with Crippen LogP contribution in [0.4, 0.5) is 0 Å². The van der Waals surface area contributed by atoms with Gasteiger partial charge in [0.05, 0.1) is 0 Å². The fraction of sp³-hybridized carbons (Fsp3) is 0.176. The Morgan fingerprint density at radius 3 is 1.95 bits per heavy atom. The fourth-order valence-corrected chi connectivity index (χ4v) is 1.92. The standard InChI is InChI=1S/C17H16O5/c1-2-15(18)22-14-9-7-12(8-10-14)11-3-5-13(6-4-11)16(19)17(20)21/h3-10,16,19H,2H2,1H3,(H,20,21). The molecule has 22 heavy (non-hydrogen) atoms. The molecule has 2 rings (SSSR count). The van der Waals surface area contributed by atoms with Crippen molar-refractivity contribution >= 4 is 11.9 Å². The third kappa shape index (κ3) is 3.71. The quantitative estimate of drug-likeness (QED) is 0.655. The molecule has 2 aromatic rings. The van der Waals surface area contributed by atoms with Crippen LogP contribution in [0.1, 0.15) is 25.0 Å². The summed E-state index contributed by atoms with van der Waals surface area (Å²) >= 11 is 0. The highest BCUT2D eigenvalue weighted by Crippen LogP contribution is 2.24. The Labute approximate surface area is 127 Å². The first-order valence-corrected chi connectivity index (χ1v) is 6.83. The van der Waals surface area contributed by atoms with E-state index in [9.17, 15) is 14.7 Å². The van der Waals surface area contributed by atoms with Crippen LogP contribution in [0.5, 0.6) is 5.75 Å². The molecule has 0 saturated heterocycles. The molecule has 5 heteroatoms. The van der Waals surface area contributed by atoms with Gasteiger partial charge in [-0.15, -0.1) is 0 Å². The molecule has 1 atom stereocenters. The SMILES string of the molecule is CCC(=O)Oc1ccc(-c2ccc(C(O)C(=O)O)cc2)cc1. The van der Waals surface area contributed by atoms with E-state index in [0.717, 1.165) is 11.1 Å². The van der Waals surface area contributed by atoms with Gasteiger partial charge in [-0.05, 0) is 28.8 Å². The molecule has 5 nitrogen and oxygen atoms in total. The third-order valence-corrected chi connectivity index (χ3v) is 3.17. The van der Waals surface area contributed by atoms with Gasteiger partial charge in [0.25, 0.3) is 0 Å². The molecule has 0 fully saturated rings. The molecular formula is C17H16O5. The zero-order valence-corrected chi connectivity index (χ0v) is 12.0. The Morgan fingerprint density at radius 1 is 1.00 bits per heavy atom. The Hall–Kier alpha value is -2.66. The van der Waals surface area contributed by atoms with Gasteiger partial charge < -0.3 is 14.9 Å². The first kappa shape index (κ1) is 15.7. The van der Waals surface area contributed by atoms with Crippen molar-refractivity contribution < 1.29 is 24.5 Å². The van der Waals surface area contributed by atoms with E-state index >= 15 is 0 Å². The molecule has 0 amide bonds. The Balaban J connectivity index is 2.15. The highest BCUT2D eigenvalue weighted by atomic mass is 16.5. The van der Waals surface area contributed by atoms with E-state index < -0.39 is 12.1 Å². The summed E-state index contributed by atoms with van der Waals surface area (Å²) in [5.74, 6) is -1.09. The number of carboxylic acid groups (broad SMARTS) is 1. The summed E-state index contributed by atoms with van der Waals surface area (Å²) in [6.45, 7) is 1.73. The molecule has 0 bridgehead atoms. The van der Waals surface area contributed by atoms with Gasteiger partial charge in [0, 0.05) is 6.42 Å². The number of ether oxygens (including phenoxy) is 1. The number of carbonyl (C=O) groups is 2. The molecule has 2 aromatic carbocycles. The predicted octanol–water partition coefficient (Wildman–Crippen LogP) is 2.79. The maximum absolute atomic E-state index is 11.2. The van der Waals surface area contributed by atoms with E-state index in [1.807, 2.05) is 0 Å². The molecule has 0 radical (unpaired) electrons. The topological polar surface area (TPSA) is 83.8 Å². The minimum atomic E-state index is -1.52. The molecule has 0 aromatic heterocycles. The van der Waals surface area contributed by atoms with E-state index in [-0.39, 0.29) is 5.97 Å². The molecule has 2 N–H and O–H groups in total. The van der Waals surface area contributed by atoms with Crippen LogP contribution in [0.3, 0.4) is 0 Å². The summed E-state index contributed by atoms with van der Waals surface area (Å²) in [6.07, 6.45) is -1.21. The zero-order chi connectivity index (χ0) is 16.1. The average molecular weight is 300 g/mol. The molecule has 0 aliphatic rings. The predicted molar refractivity (Wildman–Crippen MR) is 80.4 cm³/mol. The Bertz CT molecular complexity index is 658. The normalized spacial score (nSPS) is 11.7. The van der Waals surface area contributed by atoms with Crippen LogP contribution in [0.15, 0.2) is 48.5 Å². The van der Waals surface area contributed by atoms with Gasteiger partial charge in [0.1, 0.15) is 5.75 Å².